The second kappa shape index (κ2) is 13.2. The summed E-state index contributed by atoms with van der Waals surface area (Å²) in [5.41, 5.74) is 4.39. The number of carbonyl (C=O) groups excluding carboxylic acids is 2. The number of nitrogens with zero attached hydrogens (tertiary/aromatic N) is 2. The van der Waals surface area contributed by atoms with Crippen LogP contribution >= 0.6 is 0 Å². The number of hydrogen-bond donors (Lipinski definition) is 3. The van der Waals surface area contributed by atoms with Gasteiger partial charge in [0.15, 0.2) is 0 Å². The van der Waals surface area contributed by atoms with Gasteiger partial charge in [-0.15, -0.1) is 0 Å². The van der Waals surface area contributed by atoms with Crippen molar-refractivity contribution < 1.29 is 9.59 Å². The summed E-state index contributed by atoms with van der Waals surface area (Å²) >= 11 is 0. The lowest BCUT2D eigenvalue weighted by molar-refractivity contribution is -0.126. The summed E-state index contributed by atoms with van der Waals surface area (Å²) < 4.78 is 1.79. The number of para-hydroxylation sites is 1. The number of benzene rings is 2. The Bertz CT molecular complexity index is 1360. The van der Waals surface area contributed by atoms with Gasteiger partial charge in [0.1, 0.15) is 11.6 Å². The van der Waals surface area contributed by atoms with Gasteiger partial charge in [0.25, 0.3) is 0 Å². The summed E-state index contributed by atoms with van der Waals surface area (Å²) in [7, 11) is 0. The molecule has 2 fully saturated rings. The Labute approximate surface area is 250 Å². The van der Waals surface area contributed by atoms with Crippen molar-refractivity contribution in [3.63, 3.8) is 0 Å². The first-order chi connectivity index (χ1) is 20.2. The molecule has 1 atom stereocenters. The van der Waals surface area contributed by atoms with Crippen molar-refractivity contribution in [2.24, 2.45) is 11.8 Å². The Balaban J connectivity index is 1.43. The fourth-order valence-electron chi connectivity index (χ4n) is 6.51. The molecule has 3 aromatic rings. The van der Waals surface area contributed by atoms with Crippen LogP contribution in [0.3, 0.4) is 0 Å². The summed E-state index contributed by atoms with van der Waals surface area (Å²) in [4.78, 5) is 27.8. The number of anilines is 2. The molecule has 5 rings (SSSR count). The summed E-state index contributed by atoms with van der Waals surface area (Å²) in [6.45, 7) is 10.2. The fraction of sp³-hybridized carbons (Fsp3) is 0.514. The number of aryl methyl sites for hydroxylation is 1. The van der Waals surface area contributed by atoms with Crippen LogP contribution in [0.2, 0.25) is 0 Å². The Morgan fingerprint density at radius 2 is 1.57 bits per heavy atom. The zero-order valence-corrected chi connectivity index (χ0v) is 25.7. The zero-order valence-electron chi connectivity index (χ0n) is 25.7. The molecule has 1 aliphatic heterocycles. The first-order valence-electron chi connectivity index (χ1n) is 15.8. The third-order valence-electron chi connectivity index (χ3n) is 8.96. The molecule has 224 valence electrons. The first-order valence-corrected chi connectivity index (χ1v) is 15.8. The molecule has 1 unspecified atom stereocenters. The van der Waals surface area contributed by atoms with E-state index in [1.165, 1.54) is 12.8 Å². The Hall–Kier alpha value is -3.45. The highest BCUT2D eigenvalue weighted by Crippen LogP contribution is 2.40. The molecular weight excluding hydrogens is 522 g/mol. The van der Waals surface area contributed by atoms with Crippen molar-refractivity contribution in [2.75, 3.05) is 23.7 Å². The Kier molecular flexibility index (Phi) is 9.47. The number of Topliss-reactive ketones (excluding diaryl/α,β-unsaturated/α-hetero) is 1. The van der Waals surface area contributed by atoms with E-state index in [-0.39, 0.29) is 29.2 Å². The van der Waals surface area contributed by atoms with Crippen molar-refractivity contribution in [3.8, 4) is 5.69 Å². The molecule has 1 saturated carbocycles. The average molecular weight is 570 g/mol. The number of rotatable bonds is 7. The van der Waals surface area contributed by atoms with Crippen LogP contribution in [0.25, 0.3) is 5.69 Å². The Morgan fingerprint density at radius 1 is 0.905 bits per heavy atom. The number of ketones is 1. The summed E-state index contributed by atoms with van der Waals surface area (Å²) in [6, 6.07) is 17.6. The second-order valence-corrected chi connectivity index (χ2v) is 13.2. The smallest absolute Gasteiger partial charge is 0.317 e. The highest BCUT2D eigenvalue weighted by molar-refractivity contribution is 6.01. The third kappa shape index (κ3) is 7.12. The number of nitrogens with one attached hydrogen (secondary N) is 3. The average Bonchev–Trinajstić information content (AvgIpc) is 3.20. The Morgan fingerprint density at radius 3 is 2.24 bits per heavy atom. The van der Waals surface area contributed by atoms with Gasteiger partial charge in [-0.3, -0.25) is 10.1 Å². The maximum Gasteiger partial charge on any atom is 0.324 e. The molecule has 2 amide bonds. The molecule has 7 heteroatoms. The molecule has 1 aliphatic carbocycles. The van der Waals surface area contributed by atoms with Gasteiger partial charge in [0.05, 0.1) is 11.4 Å². The number of aromatic nitrogens is 2. The minimum Gasteiger partial charge on any atom is -0.317 e. The molecule has 3 N–H and O–H groups in total. The molecule has 7 nitrogen and oxygen atoms in total. The number of hydrogen-bond acceptors (Lipinski definition) is 4. The molecule has 1 aromatic heterocycles. The lowest BCUT2D eigenvalue weighted by Crippen LogP contribution is -2.36. The normalized spacial score (nSPS) is 17.8. The molecule has 0 spiro atoms. The van der Waals surface area contributed by atoms with Gasteiger partial charge in [-0.1, -0.05) is 82.3 Å². The van der Waals surface area contributed by atoms with Crippen LogP contribution in [0.1, 0.15) is 94.9 Å². The van der Waals surface area contributed by atoms with Crippen molar-refractivity contribution >= 4 is 23.3 Å². The van der Waals surface area contributed by atoms with Gasteiger partial charge in [-0.25, -0.2) is 9.48 Å². The van der Waals surface area contributed by atoms with E-state index in [1.54, 1.807) is 4.68 Å². The van der Waals surface area contributed by atoms with E-state index in [9.17, 15) is 9.59 Å². The summed E-state index contributed by atoms with van der Waals surface area (Å²) in [5.74, 6) is 1.13. The van der Waals surface area contributed by atoms with E-state index in [1.807, 2.05) is 54.6 Å². The van der Waals surface area contributed by atoms with Gasteiger partial charge in [-0.2, -0.15) is 5.10 Å². The van der Waals surface area contributed by atoms with E-state index in [0.717, 1.165) is 74.1 Å². The van der Waals surface area contributed by atoms with Crippen LogP contribution in [0.4, 0.5) is 16.3 Å². The third-order valence-corrected chi connectivity index (χ3v) is 8.96. The minimum absolute atomic E-state index is 0.106. The van der Waals surface area contributed by atoms with Gasteiger partial charge in [-0.05, 0) is 75.4 Å². The number of carbonyl (C=O) groups is 2. The predicted octanol–water partition coefficient (Wildman–Crippen LogP) is 7.74. The molecule has 2 heterocycles. The van der Waals surface area contributed by atoms with Gasteiger partial charge >= 0.3 is 6.03 Å². The van der Waals surface area contributed by atoms with Crippen LogP contribution in [-0.2, 0) is 10.2 Å². The van der Waals surface area contributed by atoms with Gasteiger partial charge in [0, 0.05) is 29.0 Å². The van der Waals surface area contributed by atoms with Crippen molar-refractivity contribution in [3.05, 3.63) is 71.4 Å². The SMILES string of the molecule is Cc1ccc(-n2nc(C(C)(C)C)cc2NC(=O)Nc2ccccc2C(C(=O)C2CCCCCC2)C2CCNCC2)cc1. The van der Waals surface area contributed by atoms with Crippen molar-refractivity contribution in [1.82, 2.24) is 15.1 Å². The molecule has 0 radical (unpaired) electrons. The summed E-state index contributed by atoms with van der Waals surface area (Å²) in [6.07, 6.45) is 8.59. The van der Waals surface area contributed by atoms with E-state index >= 15 is 0 Å². The second-order valence-electron chi connectivity index (χ2n) is 13.2. The van der Waals surface area contributed by atoms with E-state index in [2.05, 4.69) is 43.6 Å². The largest absolute Gasteiger partial charge is 0.324 e. The molecule has 42 heavy (non-hydrogen) atoms. The topological polar surface area (TPSA) is 88.1 Å². The fourth-order valence-corrected chi connectivity index (χ4v) is 6.51. The highest BCUT2D eigenvalue weighted by Gasteiger charge is 2.36. The van der Waals surface area contributed by atoms with E-state index in [4.69, 9.17) is 5.10 Å². The van der Waals surface area contributed by atoms with Crippen LogP contribution in [0, 0.1) is 18.8 Å². The maximum atomic E-state index is 14.2. The number of piperidine rings is 1. The number of amides is 2. The molecular formula is C35H47N5O2. The van der Waals surface area contributed by atoms with Crippen LogP contribution < -0.4 is 16.0 Å². The van der Waals surface area contributed by atoms with Crippen LogP contribution in [0.15, 0.2) is 54.6 Å². The van der Waals surface area contributed by atoms with Crippen LogP contribution in [0.5, 0.6) is 0 Å². The minimum atomic E-state index is -0.345. The van der Waals surface area contributed by atoms with Crippen molar-refractivity contribution in [1.29, 1.82) is 0 Å². The van der Waals surface area contributed by atoms with Gasteiger partial charge in [0.2, 0.25) is 0 Å². The maximum absolute atomic E-state index is 14.2. The molecule has 2 aromatic carbocycles. The lowest BCUT2D eigenvalue weighted by atomic mass is 9.73. The quantitative estimate of drug-likeness (QED) is 0.254. The van der Waals surface area contributed by atoms with Gasteiger partial charge < -0.3 is 10.6 Å². The van der Waals surface area contributed by atoms with Crippen molar-refractivity contribution in [2.45, 2.75) is 90.4 Å². The standard InChI is InChI=1S/C35H47N5O2/c1-24-15-17-27(18-16-24)40-31(23-30(39-40)35(2,3)4)38-34(42)37-29-14-10-9-13-28(29)32(25-19-21-36-22-20-25)33(41)26-11-7-5-6-8-12-26/h9-10,13-18,23,25-26,32,36H,5-8,11-12,19-22H2,1-4H3,(H2,37,38,42). The predicted molar refractivity (Wildman–Crippen MR) is 171 cm³/mol. The summed E-state index contributed by atoms with van der Waals surface area (Å²) in [5, 5.41) is 14.5. The lowest BCUT2D eigenvalue weighted by Gasteiger charge is -2.33. The highest BCUT2D eigenvalue weighted by atomic mass is 16.2. The first kappa shape index (κ1) is 30.0. The zero-order chi connectivity index (χ0) is 29.7. The monoisotopic (exact) mass is 569 g/mol. The molecule has 2 aliphatic rings. The van der Waals surface area contributed by atoms with E-state index < -0.39 is 0 Å². The number of urea groups is 1. The molecule has 1 saturated heterocycles. The van der Waals surface area contributed by atoms with Crippen LogP contribution in [-0.4, -0.2) is 34.7 Å². The molecule has 0 bridgehead atoms. The van der Waals surface area contributed by atoms with E-state index in [0.29, 0.717) is 17.3 Å².